The highest BCUT2D eigenvalue weighted by molar-refractivity contribution is 7.86. The highest BCUT2D eigenvalue weighted by Gasteiger charge is 2.35. The van der Waals surface area contributed by atoms with E-state index in [-0.39, 0.29) is 6.07 Å². The van der Waals surface area contributed by atoms with Crippen LogP contribution < -0.4 is 0 Å². The molecule has 0 amide bonds. The number of alkyl halides is 3. The van der Waals surface area contributed by atoms with Crippen molar-refractivity contribution in [2.24, 2.45) is 0 Å². The molecule has 0 atom stereocenters. The van der Waals surface area contributed by atoms with Crippen LogP contribution in [0, 0.1) is 10.1 Å². The Hall–Kier alpha value is -1.68. The fraction of sp³-hybridized carbons (Fsp3) is 0.250. The minimum atomic E-state index is -4.81. The van der Waals surface area contributed by atoms with Crippen molar-refractivity contribution in [3.8, 4) is 0 Å². The molecular weight excluding hydrogens is 279 g/mol. The maximum atomic E-state index is 12.3. The first-order chi connectivity index (χ1) is 8.09. The lowest BCUT2D eigenvalue weighted by molar-refractivity contribution is -0.388. The summed E-state index contributed by atoms with van der Waals surface area (Å²) in [4.78, 5) is 8.43. The zero-order chi connectivity index (χ0) is 14.1. The molecule has 0 radical (unpaired) electrons. The predicted octanol–water partition coefficient (Wildman–Crippen LogP) is 1.95. The molecule has 0 saturated carbocycles. The van der Waals surface area contributed by atoms with Crippen molar-refractivity contribution in [3.63, 3.8) is 0 Å². The van der Waals surface area contributed by atoms with Crippen LogP contribution in [-0.2, 0) is 20.5 Å². The summed E-state index contributed by atoms with van der Waals surface area (Å²) in [5.74, 6) is 0. The highest BCUT2D eigenvalue weighted by Crippen LogP contribution is 2.34. The molecule has 0 heterocycles. The summed E-state index contributed by atoms with van der Waals surface area (Å²) < 4.78 is 63.6. The average Bonchev–Trinajstić information content (AvgIpc) is 2.27. The van der Waals surface area contributed by atoms with Gasteiger partial charge in [-0.15, -0.1) is 0 Å². The summed E-state index contributed by atoms with van der Waals surface area (Å²) in [5.41, 5.74) is -2.50. The highest BCUT2D eigenvalue weighted by atomic mass is 32.2. The molecule has 0 aliphatic heterocycles. The van der Waals surface area contributed by atoms with Gasteiger partial charge >= 0.3 is 16.3 Å². The Morgan fingerprint density at radius 3 is 2.28 bits per heavy atom. The molecule has 0 aliphatic rings. The van der Waals surface area contributed by atoms with Crippen LogP contribution in [0.1, 0.15) is 5.56 Å². The number of nitro groups is 1. The lowest BCUT2D eigenvalue weighted by Gasteiger charge is -2.08. The first kappa shape index (κ1) is 14.4. The van der Waals surface area contributed by atoms with E-state index in [0.717, 1.165) is 7.11 Å². The van der Waals surface area contributed by atoms with Gasteiger partial charge in [-0.25, -0.2) is 0 Å². The van der Waals surface area contributed by atoms with Crippen molar-refractivity contribution in [2.75, 3.05) is 7.11 Å². The summed E-state index contributed by atoms with van der Waals surface area (Å²) in [6.45, 7) is 0. The van der Waals surface area contributed by atoms with Crippen molar-refractivity contribution >= 4 is 15.8 Å². The van der Waals surface area contributed by atoms with Gasteiger partial charge in [0.2, 0.25) is 0 Å². The minimum absolute atomic E-state index is 0.145. The quantitative estimate of drug-likeness (QED) is 0.481. The van der Waals surface area contributed by atoms with Crippen LogP contribution in [0.5, 0.6) is 0 Å². The van der Waals surface area contributed by atoms with Gasteiger partial charge < -0.3 is 0 Å². The molecule has 0 fully saturated rings. The van der Waals surface area contributed by atoms with Gasteiger partial charge in [0, 0.05) is 6.07 Å². The Bertz CT molecular complexity index is 581. The van der Waals surface area contributed by atoms with Crippen molar-refractivity contribution in [3.05, 3.63) is 33.9 Å². The molecule has 0 spiro atoms. The van der Waals surface area contributed by atoms with Gasteiger partial charge in [0.25, 0.3) is 5.69 Å². The number of hydrogen-bond acceptors (Lipinski definition) is 5. The van der Waals surface area contributed by atoms with Gasteiger partial charge in [0.05, 0.1) is 17.6 Å². The lowest BCUT2D eigenvalue weighted by Crippen LogP contribution is -2.10. The number of nitro benzene ring substituents is 1. The van der Waals surface area contributed by atoms with E-state index in [9.17, 15) is 31.7 Å². The van der Waals surface area contributed by atoms with E-state index in [1.165, 1.54) is 0 Å². The predicted molar refractivity (Wildman–Crippen MR) is 52.3 cm³/mol. The zero-order valence-corrected chi connectivity index (χ0v) is 9.58. The van der Waals surface area contributed by atoms with Gasteiger partial charge in [-0.3, -0.25) is 14.3 Å². The van der Waals surface area contributed by atoms with E-state index in [1.807, 2.05) is 0 Å². The van der Waals surface area contributed by atoms with E-state index in [2.05, 4.69) is 4.18 Å². The van der Waals surface area contributed by atoms with Gasteiger partial charge in [-0.1, -0.05) is 0 Å². The van der Waals surface area contributed by atoms with E-state index in [0.29, 0.717) is 12.1 Å². The molecule has 1 rings (SSSR count). The topological polar surface area (TPSA) is 86.5 Å². The molecular formula is C8H6F3NO5S. The molecule has 0 aromatic heterocycles. The van der Waals surface area contributed by atoms with Crippen molar-refractivity contribution in [1.29, 1.82) is 0 Å². The molecule has 0 unspecified atom stereocenters. The fourth-order valence-electron chi connectivity index (χ4n) is 1.14. The van der Waals surface area contributed by atoms with Crippen LogP contribution in [0.3, 0.4) is 0 Å². The molecule has 6 nitrogen and oxygen atoms in total. The van der Waals surface area contributed by atoms with Crippen molar-refractivity contribution in [2.45, 2.75) is 11.1 Å². The minimum Gasteiger partial charge on any atom is -0.270 e. The van der Waals surface area contributed by atoms with E-state index in [1.54, 1.807) is 0 Å². The monoisotopic (exact) mass is 285 g/mol. The third kappa shape index (κ3) is 2.76. The fourth-order valence-corrected chi connectivity index (χ4v) is 1.94. The van der Waals surface area contributed by atoms with Crippen LogP contribution in [0.25, 0.3) is 0 Å². The Balaban J connectivity index is 3.54. The first-order valence-corrected chi connectivity index (χ1v) is 5.66. The third-order valence-electron chi connectivity index (χ3n) is 1.97. The Kier molecular flexibility index (Phi) is 3.62. The lowest BCUT2D eigenvalue weighted by atomic mass is 10.2. The second-order valence-electron chi connectivity index (χ2n) is 3.06. The molecule has 0 N–H and O–H groups in total. The Morgan fingerprint density at radius 2 is 1.89 bits per heavy atom. The maximum Gasteiger partial charge on any atom is 0.416 e. The molecule has 1 aromatic rings. The van der Waals surface area contributed by atoms with Crippen LogP contribution >= 0.6 is 0 Å². The largest absolute Gasteiger partial charge is 0.416 e. The number of halogens is 3. The standard InChI is InChI=1S/C8H6F3NO5S/c1-17-18(15,16)7-3-2-5(8(9,10)11)4-6(7)12(13)14/h2-4H,1H3. The maximum absolute atomic E-state index is 12.3. The molecule has 18 heavy (non-hydrogen) atoms. The van der Waals surface area contributed by atoms with Crippen LogP contribution in [0.15, 0.2) is 23.1 Å². The van der Waals surface area contributed by atoms with Crippen molar-refractivity contribution < 1.29 is 30.7 Å². The SMILES string of the molecule is COS(=O)(=O)c1ccc(C(F)(F)F)cc1[N+](=O)[O-]. The van der Waals surface area contributed by atoms with E-state index in [4.69, 9.17) is 0 Å². The van der Waals surface area contributed by atoms with E-state index < -0.39 is 37.4 Å². The second kappa shape index (κ2) is 4.53. The van der Waals surface area contributed by atoms with Crippen molar-refractivity contribution in [1.82, 2.24) is 0 Å². The average molecular weight is 285 g/mol. The van der Waals surface area contributed by atoms with Gasteiger partial charge in [-0.2, -0.15) is 21.6 Å². The zero-order valence-electron chi connectivity index (χ0n) is 8.76. The van der Waals surface area contributed by atoms with Crippen LogP contribution in [-0.4, -0.2) is 20.5 Å². The summed E-state index contributed by atoms with van der Waals surface area (Å²) >= 11 is 0. The first-order valence-electron chi connectivity index (χ1n) is 4.26. The molecule has 0 bridgehead atoms. The molecule has 10 heteroatoms. The third-order valence-corrected chi connectivity index (χ3v) is 3.29. The molecule has 100 valence electrons. The summed E-state index contributed by atoms with van der Waals surface area (Å²) in [7, 11) is -3.70. The summed E-state index contributed by atoms with van der Waals surface area (Å²) in [5, 5.41) is 10.6. The summed E-state index contributed by atoms with van der Waals surface area (Å²) in [6, 6.07) is 1.06. The van der Waals surface area contributed by atoms with E-state index >= 15 is 0 Å². The number of benzene rings is 1. The normalized spacial score (nSPS) is 12.4. The number of hydrogen-bond donors (Lipinski definition) is 0. The Morgan fingerprint density at radius 1 is 1.33 bits per heavy atom. The number of rotatable bonds is 3. The van der Waals surface area contributed by atoms with Gasteiger partial charge in [-0.05, 0) is 12.1 Å². The molecule has 0 saturated heterocycles. The van der Waals surface area contributed by atoms with Gasteiger partial charge in [0.15, 0.2) is 4.90 Å². The van der Waals surface area contributed by atoms with Crippen LogP contribution in [0.2, 0.25) is 0 Å². The van der Waals surface area contributed by atoms with Crippen LogP contribution in [0.4, 0.5) is 18.9 Å². The smallest absolute Gasteiger partial charge is 0.270 e. The second-order valence-corrected chi connectivity index (χ2v) is 4.74. The Labute approximate surface area is 99.3 Å². The number of nitrogens with zero attached hydrogens (tertiary/aromatic N) is 1. The molecule has 1 aromatic carbocycles. The van der Waals surface area contributed by atoms with Gasteiger partial charge in [0.1, 0.15) is 0 Å². The molecule has 0 aliphatic carbocycles. The summed E-state index contributed by atoms with van der Waals surface area (Å²) in [6.07, 6.45) is -4.81.